The van der Waals surface area contributed by atoms with Crippen molar-refractivity contribution >= 4 is 45.5 Å². The van der Waals surface area contributed by atoms with Gasteiger partial charge in [0, 0.05) is 50.9 Å². The summed E-state index contributed by atoms with van der Waals surface area (Å²) in [5.74, 6) is 0. The molecule has 0 fully saturated rings. The Morgan fingerprint density at radius 1 is 0.622 bits per heavy atom. The van der Waals surface area contributed by atoms with Crippen LogP contribution >= 0.6 is 0 Å². The molecule has 6 rings (SSSR count). The van der Waals surface area contributed by atoms with E-state index in [2.05, 4.69) is 141 Å². The Balaban J connectivity index is 1.53. The van der Waals surface area contributed by atoms with Gasteiger partial charge in [-0.2, -0.15) is 0 Å². The first-order valence-corrected chi connectivity index (χ1v) is 12.6. The molecule has 2 aliphatic rings. The molecule has 0 N–H and O–H groups in total. The molecule has 0 atom stereocenters. The first-order valence-electron chi connectivity index (χ1n) is 12.6. The quantitative estimate of drug-likeness (QED) is 0.308. The van der Waals surface area contributed by atoms with Crippen molar-refractivity contribution in [2.45, 2.75) is 19.5 Å². The van der Waals surface area contributed by atoms with E-state index in [0.717, 1.165) is 44.8 Å². The van der Waals surface area contributed by atoms with Gasteiger partial charge < -0.3 is 19.6 Å². The Morgan fingerprint density at radius 2 is 1.19 bits per heavy atom. The lowest BCUT2D eigenvalue weighted by Gasteiger charge is -2.33. The van der Waals surface area contributed by atoms with Crippen molar-refractivity contribution in [1.82, 2.24) is 0 Å². The fourth-order valence-electron chi connectivity index (χ4n) is 5.27. The van der Waals surface area contributed by atoms with Gasteiger partial charge in [-0.15, -0.1) is 0 Å². The molecule has 0 saturated carbocycles. The lowest BCUT2D eigenvalue weighted by molar-refractivity contribution is 0.544. The van der Waals surface area contributed by atoms with Gasteiger partial charge in [-0.1, -0.05) is 12.1 Å². The molecule has 0 radical (unpaired) electrons. The summed E-state index contributed by atoms with van der Waals surface area (Å²) in [6.07, 6.45) is 0. The standard InChI is InChI=1S/C31H32N6/c1-31(2)33-27-20-29-26(19-30(27)37(31)24-17-13-22(14-18-24)35(5)6)32-25-9-7-8-10-28(25)36(29)23-15-11-21(12-16-23)34(3)4/h7-20H,1-6H3. The number of para-hydroxylation sites is 2. The van der Waals surface area contributed by atoms with Crippen molar-refractivity contribution < 1.29 is 0 Å². The minimum absolute atomic E-state index is 0.420. The normalized spacial score (nSPS) is 14.8. The largest absolute Gasteiger partial charge is 0.378 e. The second kappa shape index (κ2) is 8.37. The van der Waals surface area contributed by atoms with Crippen LogP contribution < -0.4 is 30.3 Å². The Labute approximate surface area is 218 Å². The molecule has 4 aromatic rings. The zero-order chi connectivity index (χ0) is 25.9. The van der Waals surface area contributed by atoms with Gasteiger partial charge in [0.05, 0.1) is 33.5 Å². The summed E-state index contributed by atoms with van der Waals surface area (Å²) in [6, 6.07) is 30.0. The molecular formula is C31H32N6. The van der Waals surface area contributed by atoms with Gasteiger partial charge in [-0.05, 0) is 86.6 Å². The van der Waals surface area contributed by atoms with E-state index in [-0.39, 0.29) is 0 Å². The average Bonchev–Trinajstić information content (AvgIpc) is 3.14. The molecule has 0 bridgehead atoms. The van der Waals surface area contributed by atoms with E-state index < -0.39 is 5.66 Å². The summed E-state index contributed by atoms with van der Waals surface area (Å²) in [7, 11) is 8.24. The Morgan fingerprint density at radius 3 is 1.81 bits per heavy atom. The van der Waals surface area contributed by atoms with E-state index in [1.165, 1.54) is 11.4 Å². The Kier molecular flexibility index (Phi) is 5.23. The Hall–Kier alpha value is -4.32. The van der Waals surface area contributed by atoms with Crippen LogP contribution in [0.2, 0.25) is 0 Å². The highest BCUT2D eigenvalue weighted by atomic mass is 15.3. The third kappa shape index (κ3) is 3.80. The predicted molar refractivity (Wildman–Crippen MR) is 154 cm³/mol. The minimum Gasteiger partial charge on any atom is -0.378 e. The lowest BCUT2D eigenvalue weighted by atomic mass is 10.1. The van der Waals surface area contributed by atoms with Gasteiger partial charge >= 0.3 is 0 Å². The van der Waals surface area contributed by atoms with Crippen LogP contribution in [0.15, 0.2) is 94.9 Å². The molecule has 2 aliphatic heterocycles. The first kappa shape index (κ1) is 23.1. The number of hydrogen-bond donors (Lipinski definition) is 0. The summed E-state index contributed by atoms with van der Waals surface area (Å²) < 4.78 is 0. The van der Waals surface area contributed by atoms with Crippen molar-refractivity contribution in [3.05, 3.63) is 95.6 Å². The maximum absolute atomic E-state index is 5.17. The predicted octanol–water partition coefficient (Wildman–Crippen LogP) is 6.06. The smallest absolute Gasteiger partial charge is 0.131 e. The zero-order valence-electron chi connectivity index (χ0n) is 22.3. The van der Waals surface area contributed by atoms with E-state index in [9.17, 15) is 0 Å². The van der Waals surface area contributed by atoms with Crippen LogP contribution in [-0.2, 0) is 0 Å². The van der Waals surface area contributed by atoms with Gasteiger partial charge in [0.1, 0.15) is 5.66 Å². The minimum atomic E-state index is -0.420. The van der Waals surface area contributed by atoms with Crippen LogP contribution in [-0.4, -0.2) is 33.9 Å². The summed E-state index contributed by atoms with van der Waals surface area (Å²) in [5.41, 5.74) is 8.28. The van der Waals surface area contributed by atoms with Crippen molar-refractivity contribution in [3.8, 4) is 0 Å². The van der Waals surface area contributed by atoms with Gasteiger partial charge in [0.15, 0.2) is 0 Å². The van der Waals surface area contributed by atoms with Gasteiger partial charge in [-0.25, -0.2) is 4.99 Å². The third-order valence-corrected chi connectivity index (χ3v) is 7.11. The Bertz CT molecular complexity index is 1600. The van der Waals surface area contributed by atoms with Crippen LogP contribution in [0.3, 0.4) is 0 Å². The molecule has 0 aliphatic carbocycles. The molecule has 0 aromatic heterocycles. The monoisotopic (exact) mass is 488 g/mol. The molecule has 0 unspecified atom stereocenters. The van der Waals surface area contributed by atoms with Crippen molar-refractivity contribution in [1.29, 1.82) is 0 Å². The number of hydrogen-bond acceptors (Lipinski definition) is 6. The maximum Gasteiger partial charge on any atom is 0.131 e. The summed E-state index contributed by atoms with van der Waals surface area (Å²) in [5, 5.41) is 1.92. The zero-order valence-corrected chi connectivity index (χ0v) is 22.3. The fourth-order valence-corrected chi connectivity index (χ4v) is 5.27. The van der Waals surface area contributed by atoms with Gasteiger partial charge in [0.2, 0.25) is 0 Å². The summed E-state index contributed by atoms with van der Waals surface area (Å²) >= 11 is 0. The highest BCUT2D eigenvalue weighted by molar-refractivity contribution is 5.86. The number of anilines is 7. The van der Waals surface area contributed by atoms with Gasteiger partial charge in [0.25, 0.3) is 0 Å². The number of fused-ring (bicyclic) bond motifs is 3. The molecule has 0 spiro atoms. The second-order valence-corrected chi connectivity index (χ2v) is 10.5. The van der Waals surface area contributed by atoms with Crippen molar-refractivity contribution in [2.75, 3.05) is 47.8 Å². The SMILES string of the molecule is CN(C)c1ccc(N2c3ccccc3N=c3cc4c(cc32)=NC(C)(C)N4c2ccc(N(C)C)cc2)cc1. The van der Waals surface area contributed by atoms with Crippen LogP contribution in [0.5, 0.6) is 0 Å². The molecule has 4 aromatic carbocycles. The number of rotatable bonds is 4. The van der Waals surface area contributed by atoms with E-state index >= 15 is 0 Å². The molecular weight excluding hydrogens is 456 g/mol. The van der Waals surface area contributed by atoms with E-state index in [0.29, 0.717) is 0 Å². The van der Waals surface area contributed by atoms with Crippen LogP contribution in [0.1, 0.15) is 13.8 Å². The number of benzene rings is 4. The highest BCUT2D eigenvalue weighted by Crippen LogP contribution is 2.43. The summed E-state index contributed by atoms with van der Waals surface area (Å²) in [4.78, 5) is 19.1. The highest BCUT2D eigenvalue weighted by Gasteiger charge is 2.35. The maximum atomic E-state index is 5.17. The van der Waals surface area contributed by atoms with E-state index in [1.54, 1.807) is 0 Å². The average molecular weight is 489 g/mol. The molecule has 0 saturated heterocycles. The van der Waals surface area contributed by atoms with Crippen LogP contribution in [0.4, 0.5) is 45.5 Å². The molecule has 2 heterocycles. The van der Waals surface area contributed by atoms with Crippen molar-refractivity contribution in [2.24, 2.45) is 9.98 Å². The van der Waals surface area contributed by atoms with E-state index in [1.807, 2.05) is 6.07 Å². The number of nitrogens with zero attached hydrogens (tertiary/aromatic N) is 6. The first-order chi connectivity index (χ1) is 17.7. The van der Waals surface area contributed by atoms with Crippen LogP contribution in [0, 0.1) is 0 Å². The van der Waals surface area contributed by atoms with Crippen LogP contribution in [0.25, 0.3) is 0 Å². The fraction of sp³-hybridized carbons (Fsp3) is 0.226. The second-order valence-electron chi connectivity index (χ2n) is 10.5. The molecule has 37 heavy (non-hydrogen) atoms. The third-order valence-electron chi connectivity index (χ3n) is 7.11. The van der Waals surface area contributed by atoms with Gasteiger partial charge in [-0.3, -0.25) is 4.99 Å². The molecule has 0 amide bonds. The molecule has 6 nitrogen and oxygen atoms in total. The molecule has 186 valence electrons. The molecule has 6 heteroatoms. The lowest BCUT2D eigenvalue weighted by Crippen LogP contribution is -2.36. The topological polar surface area (TPSA) is 37.7 Å². The summed E-state index contributed by atoms with van der Waals surface area (Å²) in [6.45, 7) is 4.32. The van der Waals surface area contributed by atoms with E-state index in [4.69, 9.17) is 9.98 Å². The van der Waals surface area contributed by atoms with Crippen molar-refractivity contribution in [3.63, 3.8) is 0 Å².